The molecule has 2 aromatic heterocycles. The van der Waals surface area contributed by atoms with Gasteiger partial charge in [-0.15, -0.1) is 0 Å². The van der Waals surface area contributed by atoms with E-state index in [1.54, 1.807) is 30.5 Å². The van der Waals surface area contributed by atoms with Crippen molar-refractivity contribution in [2.24, 2.45) is 5.73 Å². The molecule has 0 saturated carbocycles. The van der Waals surface area contributed by atoms with Crippen LogP contribution in [0.15, 0.2) is 66.9 Å². The normalized spacial score (nSPS) is 12.4. The first-order chi connectivity index (χ1) is 16.7. The van der Waals surface area contributed by atoms with Crippen LogP contribution in [0.3, 0.4) is 0 Å². The third-order valence-corrected chi connectivity index (χ3v) is 5.35. The summed E-state index contributed by atoms with van der Waals surface area (Å²) in [5.74, 6) is -0.832. The van der Waals surface area contributed by atoms with Crippen molar-refractivity contribution in [2.75, 3.05) is 13.7 Å². The fourth-order valence-electron chi connectivity index (χ4n) is 3.64. The minimum absolute atomic E-state index is 0.0796. The number of methoxy groups -OCH3 is 1. The van der Waals surface area contributed by atoms with E-state index in [1.165, 1.54) is 31.4 Å². The molecule has 0 radical (unpaired) electrons. The molecule has 1 unspecified atom stereocenters. The number of carbonyl (C=O) groups is 1. The molecule has 4 aromatic rings. The van der Waals surface area contributed by atoms with Gasteiger partial charge in [-0.2, -0.15) is 13.2 Å². The second-order valence-electron chi connectivity index (χ2n) is 7.60. The van der Waals surface area contributed by atoms with Crippen molar-refractivity contribution >= 4 is 16.8 Å². The van der Waals surface area contributed by atoms with Gasteiger partial charge in [0.25, 0.3) is 5.91 Å². The number of hydrogen-bond donors (Lipinski definition) is 2. The smallest absolute Gasteiger partial charge is 0.416 e. The molecule has 0 aliphatic rings. The maximum absolute atomic E-state index is 12.9. The Kier molecular flexibility index (Phi) is 6.57. The van der Waals surface area contributed by atoms with Crippen LogP contribution in [0, 0.1) is 0 Å². The minimum Gasteiger partial charge on any atom is -0.497 e. The summed E-state index contributed by atoms with van der Waals surface area (Å²) in [7, 11) is 1.43. The number of ether oxygens (including phenoxy) is 2. The maximum atomic E-state index is 12.9. The number of nitrogens with zero attached hydrogens (tertiary/aromatic N) is 2. The van der Waals surface area contributed by atoms with Crippen LogP contribution in [0.2, 0.25) is 0 Å². The third-order valence-electron chi connectivity index (χ3n) is 5.35. The van der Waals surface area contributed by atoms with Gasteiger partial charge in [-0.3, -0.25) is 9.78 Å². The molecule has 2 heterocycles. The van der Waals surface area contributed by atoms with Gasteiger partial charge in [-0.25, -0.2) is 4.98 Å². The van der Waals surface area contributed by atoms with Crippen molar-refractivity contribution in [1.82, 2.24) is 9.97 Å². The molecule has 7 nitrogen and oxygen atoms in total. The van der Waals surface area contributed by atoms with Crippen molar-refractivity contribution < 1.29 is 32.5 Å². The molecule has 10 heteroatoms. The number of primary amides is 1. The summed E-state index contributed by atoms with van der Waals surface area (Å²) in [5.41, 5.74) is 5.85. The molecule has 0 fully saturated rings. The first kappa shape index (κ1) is 24.0. The Morgan fingerprint density at radius 3 is 2.40 bits per heavy atom. The number of aromatic nitrogens is 2. The fraction of sp³-hybridized carbons (Fsp3) is 0.160. The van der Waals surface area contributed by atoms with Gasteiger partial charge in [0.2, 0.25) is 0 Å². The summed E-state index contributed by atoms with van der Waals surface area (Å²) >= 11 is 0. The molecular weight excluding hydrogens is 463 g/mol. The lowest BCUT2D eigenvalue weighted by Gasteiger charge is -2.18. The van der Waals surface area contributed by atoms with Crippen LogP contribution in [0.5, 0.6) is 17.2 Å². The Balaban J connectivity index is 1.87. The van der Waals surface area contributed by atoms with Gasteiger partial charge >= 0.3 is 6.18 Å². The van der Waals surface area contributed by atoms with Crippen molar-refractivity contribution in [1.29, 1.82) is 0 Å². The quantitative estimate of drug-likeness (QED) is 0.396. The van der Waals surface area contributed by atoms with Crippen molar-refractivity contribution in [3.63, 3.8) is 0 Å². The Morgan fingerprint density at radius 1 is 1.09 bits per heavy atom. The highest BCUT2D eigenvalue weighted by Gasteiger charge is 2.30. The zero-order valence-corrected chi connectivity index (χ0v) is 18.4. The van der Waals surface area contributed by atoms with Crippen LogP contribution in [-0.4, -0.2) is 34.7 Å². The lowest BCUT2D eigenvalue weighted by Crippen LogP contribution is -2.20. The number of halogens is 3. The molecule has 1 amide bonds. The van der Waals surface area contributed by atoms with Gasteiger partial charge in [-0.1, -0.05) is 6.07 Å². The molecule has 0 spiro atoms. The summed E-state index contributed by atoms with van der Waals surface area (Å²) in [6.45, 7) is -0.402. The lowest BCUT2D eigenvalue weighted by molar-refractivity contribution is -0.137. The molecule has 0 saturated heterocycles. The second-order valence-corrected chi connectivity index (χ2v) is 7.60. The molecule has 0 aliphatic heterocycles. The number of alkyl halides is 3. The van der Waals surface area contributed by atoms with Crippen LogP contribution < -0.4 is 15.2 Å². The summed E-state index contributed by atoms with van der Waals surface area (Å²) < 4.78 is 49.9. The van der Waals surface area contributed by atoms with Crippen LogP contribution in [0.4, 0.5) is 13.2 Å². The van der Waals surface area contributed by atoms with Crippen molar-refractivity contribution in [3.8, 4) is 17.2 Å². The first-order valence-electron chi connectivity index (χ1n) is 10.4. The van der Waals surface area contributed by atoms with E-state index in [0.717, 1.165) is 12.1 Å². The van der Waals surface area contributed by atoms with E-state index in [9.17, 15) is 23.1 Å². The van der Waals surface area contributed by atoms with Crippen LogP contribution in [0.25, 0.3) is 10.9 Å². The van der Waals surface area contributed by atoms with Gasteiger partial charge in [-0.05, 0) is 48.5 Å². The molecule has 180 valence electrons. The molecular formula is C25H20F3N3O4. The van der Waals surface area contributed by atoms with Crippen LogP contribution >= 0.6 is 0 Å². The van der Waals surface area contributed by atoms with Crippen LogP contribution in [0.1, 0.15) is 33.2 Å². The average molecular weight is 483 g/mol. The summed E-state index contributed by atoms with van der Waals surface area (Å²) in [6.07, 6.45) is -2.93. The molecule has 0 aliphatic carbocycles. The molecule has 0 bridgehead atoms. The Morgan fingerprint density at radius 2 is 1.83 bits per heavy atom. The Hall–Kier alpha value is -4.18. The Bertz CT molecular complexity index is 1360. The van der Waals surface area contributed by atoms with Gasteiger partial charge in [0, 0.05) is 17.6 Å². The lowest BCUT2D eigenvalue weighted by atomic mass is 9.95. The average Bonchev–Trinajstić information content (AvgIpc) is 2.84. The predicted octanol–water partition coefficient (Wildman–Crippen LogP) is 4.67. The number of aliphatic hydroxyl groups excluding tert-OH is 1. The topological polar surface area (TPSA) is 108 Å². The SMILES string of the molecule is COc1cc(Oc2ccc(C(F)(F)F)cc2)c2nc(C(CO)c3ccccn3)c(C(N)=O)cc2c1. The zero-order chi connectivity index (χ0) is 25.2. The highest BCUT2D eigenvalue weighted by atomic mass is 19.4. The number of amides is 1. The van der Waals surface area contributed by atoms with E-state index in [-0.39, 0.29) is 22.8 Å². The van der Waals surface area contributed by atoms with Gasteiger partial charge < -0.3 is 20.3 Å². The molecule has 4 rings (SSSR count). The number of pyridine rings is 2. The van der Waals surface area contributed by atoms with Gasteiger partial charge in [0.05, 0.1) is 42.1 Å². The largest absolute Gasteiger partial charge is 0.497 e. The van der Waals surface area contributed by atoms with Crippen molar-refractivity contribution in [2.45, 2.75) is 12.1 Å². The molecule has 35 heavy (non-hydrogen) atoms. The number of benzene rings is 2. The van der Waals surface area contributed by atoms with Gasteiger partial charge in [0.15, 0.2) is 5.75 Å². The number of carbonyl (C=O) groups excluding carboxylic acids is 1. The van der Waals surface area contributed by atoms with E-state index in [0.29, 0.717) is 22.3 Å². The number of aliphatic hydroxyl groups is 1. The highest BCUT2D eigenvalue weighted by molar-refractivity contribution is 5.99. The zero-order valence-electron chi connectivity index (χ0n) is 18.4. The highest BCUT2D eigenvalue weighted by Crippen LogP contribution is 2.37. The molecule has 1 atom stereocenters. The van der Waals surface area contributed by atoms with E-state index >= 15 is 0 Å². The summed E-state index contributed by atoms with van der Waals surface area (Å²) in [5, 5.41) is 10.6. The first-order valence-corrected chi connectivity index (χ1v) is 10.4. The fourth-order valence-corrected chi connectivity index (χ4v) is 3.64. The number of fused-ring (bicyclic) bond motifs is 1. The standard InChI is InChI=1S/C25H20F3N3O4/c1-34-17-10-14-11-18(24(29)33)23(19(13-32)20-4-2-3-9-30-20)31-22(14)21(12-17)35-16-7-5-15(6-8-16)25(26,27)28/h2-12,19,32H,13H2,1H3,(H2,29,33). The second kappa shape index (κ2) is 9.59. The monoisotopic (exact) mass is 483 g/mol. The molecule has 2 aromatic carbocycles. The number of rotatable bonds is 7. The molecule has 3 N–H and O–H groups in total. The summed E-state index contributed by atoms with van der Waals surface area (Å²) in [6, 6.07) is 14.0. The predicted molar refractivity (Wildman–Crippen MR) is 121 cm³/mol. The Labute approximate surface area is 198 Å². The number of hydrogen-bond acceptors (Lipinski definition) is 6. The van der Waals surface area contributed by atoms with Crippen molar-refractivity contribution in [3.05, 3.63) is 89.4 Å². The van der Waals surface area contributed by atoms with Gasteiger partial charge in [0.1, 0.15) is 17.0 Å². The summed E-state index contributed by atoms with van der Waals surface area (Å²) in [4.78, 5) is 21.2. The van der Waals surface area contributed by atoms with E-state index in [2.05, 4.69) is 9.97 Å². The van der Waals surface area contributed by atoms with E-state index < -0.39 is 30.2 Å². The van der Waals surface area contributed by atoms with E-state index in [4.69, 9.17) is 15.2 Å². The van der Waals surface area contributed by atoms with Crippen LogP contribution in [-0.2, 0) is 6.18 Å². The minimum atomic E-state index is -4.48. The maximum Gasteiger partial charge on any atom is 0.416 e. The number of nitrogens with two attached hydrogens (primary N) is 1. The third kappa shape index (κ3) is 5.02. The van der Waals surface area contributed by atoms with E-state index in [1.807, 2.05) is 0 Å².